The Labute approximate surface area is 142 Å². The molecule has 0 N–H and O–H groups in total. The summed E-state index contributed by atoms with van der Waals surface area (Å²) < 4.78 is 21.7. The second-order valence-corrected chi connectivity index (χ2v) is 5.12. The lowest BCUT2D eigenvalue weighted by Gasteiger charge is -2.29. The van der Waals surface area contributed by atoms with Gasteiger partial charge in [0.25, 0.3) is 0 Å². The molecule has 2 rings (SSSR count). The normalized spacial score (nSPS) is 13.1. The maximum absolute atomic E-state index is 12.1. The monoisotopic (exact) mass is 330 g/mol. The summed E-state index contributed by atoms with van der Waals surface area (Å²) in [6.45, 7) is 4.89. The van der Waals surface area contributed by atoms with Gasteiger partial charge in [-0.05, 0) is 19.1 Å². The van der Waals surface area contributed by atoms with Crippen molar-refractivity contribution in [3.05, 3.63) is 66.2 Å². The van der Waals surface area contributed by atoms with Crippen LogP contribution in [0.5, 0.6) is 5.75 Å². The van der Waals surface area contributed by atoms with Gasteiger partial charge in [0.2, 0.25) is 5.79 Å². The highest BCUT2D eigenvalue weighted by Crippen LogP contribution is 2.27. The van der Waals surface area contributed by atoms with E-state index in [-0.39, 0.29) is 6.61 Å². The summed E-state index contributed by atoms with van der Waals surface area (Å²) in [5.41, 5.74) is 0.714. The molecule has 0 fully saturated rings. The Bertz CT molecular complexity index is 614. The zero-order valence-electron chi connectivity index (χ0n) is 13.9. The third-order valence-corrected chi connectivity index (χ3v) is 3.33. The SMILES string of the molecule is CCOCCOC(C)(OC(=O)Oc1ccccc1)c1ccccc1. The summed E-state index contributed by atoms with van der Waals surface area (Å²) in [4.78, 5) is 12.1. The van der Waals surface area contributed by atoms with Crippen LogP contribution >= 0.6 is 0 Å². The van der Waals surface area contributed by atoms with Crippen LogP contribution in [0.1, 0.15) is 19.4 Å². The van der Waals surface area contributed by atoms with Crippen LogP contribution in [0.25, 0.3) is 0 Å². The Kier molecular flexibility index (Phi) is 6.78. The molecule has 2 aromatic carbocycles. The summed E-state index contributed by atoms with van der Waals surface area (Å²) in [5.74, 6) is -0.850. The molecule has 0 amide bonds. The van der Waals surface area contributed by atoms with Gasteiger partial charge in [-0.1, -0.05) is 48.5 Å². The van der Waals surface area contributed by atoms with Crippen LogP contribution in [0.15, 0.2) is 60.7 Å². The molecule has 0 aromatic heterocycles. The molecule has 24 heavy (non-hydrogen) atoms. The molecule has 0 saturated heterocycles. The van der Waals surface area contributed by atoms with E-state index in [2.05, 4.69) is 0 Å². The maximum Gasteiger partial charge on any atom is 0.516 e. The van der Waals surface area contributed by atoms with Crippen molar-refractivity contribution in [3.63, 3.8) is 0 Å². The van der Waals surface area contributed by atoms with E-state index in [9.17, 15) is 4.79 Å². The van der Waals surface area contributed by atoms with Crippen molar-refractivity contribution in [2.24, 2.45) is 0 Å². The largest absolute Gasteiger partial charge is 0.516 e. The van der Waals surface area contributed by atoms with E-state index in [4.69, 9.17) is 18.9 Å². The Balaban J connectivity index is 2.06. The number of hydrogen-bond donors (Lipinski definition) is 0. The highest BCUT2D eigenvalue weighted by molar-refractivity contribution is 5.64. The van der Waals surface area contributed by atoms with Crippen LogP contribution in [0.2, 0.25) is 0 Å². The van der Waals surface area contributed by atoms with E-state index in [1.54, 1.807) is 31.2 Å². The first-order valence-corrected chi connectivity index (χ1v) is 7.87. The molecular formula is C19H22O5. The number of para-hydroxylation sites is 1. The lowest BCUT2D eigenvalue weighted by Crippen LogP contribution is -2.34. The number of carbonyl (C=O) groups is 1. The van der Waals surface area contributed by atoms with Crippen molar-refractivity contribution >= 4 is 6.16 Å². The van der Waals surface area contributed by atoms with Crippen LogP contribution < -0.4 is 4.74 Å². The zero-order chi connectivity index (χ0) is 17.3. The average molecular weight is 330 g/mol. The van der Waals surface area contributed by atoms with E-state index in [0.29, 0.717) is 24.5 Å². The van der Waals surface area contributed by atoms with Gasteiger partial charge in [0.15, 0.2) is 0 Å². The average Bonchev–Trinajstić information content (AvgIpc) is 2.60. The highest BCUT2D eigenvalue weighted by Gasteiger charge is 2.33. The maximum atomic E-state index is 12.1. The minimum atomic E-state index is -1.26. The van der Waals surface area contributed by atoms with E-state index >= 15 is 0 Å². The number of ether oxygens (including phenoxy) is 4. The molecule has 1 unspecified atom stereocenters. The van der Waals surface area contributed by atoms with Gasteiger partial charge in [-0.15, -0.1) is 0 Å². The zero-order valence-corrected chi connectivity index (χ0v) is 13.9. The Morgan fingerprint density at radius 2 is 1.58 bits per heavy atom. The molecule has 0 bridgehead atoms. The molecule has 1 atom stereocenters. The summed E-state index contributed by atoms with van der Waals surface area (Å²) in [6, 6.07) is 18.0. The van der Waals surface area contributed by atoms with Gasteiger partial charge in [-0.2, -0.15) is 0 Å². The molecule has 2 aromatic rings. The fourth-order valence-corrected chi connectivity index (χ4v) is 2.12. The summed E-state index contributed by atoms with van der Waals surface area (Å²) >= 11 is 0. The van der Waals surface area contributed by atoms with Crippen molar-refractivity contribution in [2.45, 2.75) is 19.6 Å². The Morgan fingerprint density at radius 3 is 2.21 bits per heavy atom. The van der Waals surface area contributed by atoms with Crippen LogP contribution in [-0.4, -0.2) is 26.0 Å². The van der Waals surface area contributed by atoms with Gasteiger partial charge in [0.1, 0.15) is 5.75 Å². The molecule has 0 radical (unpaired) electrons. The van der Waals surface area contributed by atoms with Crippen LogP contribution in [0.3, 0.4) is 0 Å². The third-order valence-electron chi connectivity index (χ3n) is 3.33. The molecule has 0 aliphatic carbocycles. The topological polar surface area (TPSA) is 54.0 Å². The number of benzene rings is 2. The Hall–Kier alpha value is -2.37. The number of hydrogen-bond acceptors (Lipinski definition) is 5. The predicted octanol–water partition coefficient (Wildman–Crippen LogP) is 4.13. The van der Waals surface area contributed by atoms with Gasteiger partial charge >= 0.3 is 6.16 Å². The summed E-state index contributed by atoms with van der Waals surface area (Å²) in [7, 11) is 0. The minimum Gasteiger partial charge on any atom is -0.397 e. The standard InChI is InChI=1S/C19H22O5/c1-3-21-14-15-22-19(2,16-10-6-4-7-11-16)24-18(20)23-17-12-8-5-9-13-17/h4-13H,3,14-15H2,1-2H3. The van der Waals surface area contributed by atoms with E-state index in [1.165, 1.54) is 0 Å². The minimum absolute atomic E-state index is 0.290. The van der Waals surface area contributed by atoms with E-state index < -0.39 is 11.9 Å². The van der Waals surface area contributed by atoms with Crippen molar-refractivity contribution in [3.8, 4) is 5.75 Å². The smallest absolute Gasteiger partial charge is 0.397 e. The second-order valence-electron chi connectivity index (χ2n) is 5.12. The summed E-state index contributed by atoms with van der Waals surface area (Å²) in [6.07, 6.45) is -0.830. The lowest BCUT2D eigenvalue weighted by molar-refractivity contribution is -0.210. The van der Waals surface area contributed by atoms with Crippen LogP contribution in [0.4, 0.5) is 4.79 Å². The molecule has 0 spiro atoms. The molecule has 0 aliphatic rings. The first-order chi connectivity index (χ1) is 11.6. The summed E-state index contributed by atoms with van der Waals surface area (Å²) in [5, 5.41) is 0. The quantitative estimate of drug-likeness (QED) is 0.315. The van der Waals surface area contributed by atoms with Gasteiger partial charge in [0.05, 0.1) is 13.2 Å². The fourth-order valence-electron chi connectivity index (χ4n) is 2.12. The molecular weight excluding hydrogens is 308 g/mol. The number of carbonyl (C=O) groups excluding carboxylic acids is 1. The van der Waals surface area contributed by atoms with E-state index in [1.807, 2.05) is 43.3 Å². The van der Waals surface area contributed by atoms with Gasteiger partial charge in [-0.3, -0.25) is 0 Å². The van der Waals surface area contributed by atoms with Crippen molar-refractivity contribution in [1.29, 1.82) is 0 Å². The highest BCUT2D eigenvalue weighted by atomic mass is 16.8. The fraction of sp³-hybridized carbons (Fsp3) is 0.316. The first-order valence-electron chi connectivity index (χ1n) is 7.87. The van der Waals surface area contributed by atoms with Crippen molar-refractivity contribution in [1.82, 2.24) is 0 Å². The lowest BCUT2D eigenvalue weighted by atomic mass is 10.1. The second kappa shape index (κ2) is 9.05. The number of rotatable bonds is 8. The van der Waals surface area contributed by atoms with Gasteiger partial charge < -0.3 is 18.9 Å². The predicted molar refractivity (Wildman–Crippen MR) is 89.8 cm³/mol. The molecule has 5 nitrogen and oxygen atoms in total. The molecule has 0 aliphatic heterocycles. The Morgan fingerprint density at radius 1 is 0.958 bits per heavy atom. The van der Waals surface area contributed by atoms with E-state index in [0.717, 1.165) is 0 Å². The van der Waals surface area contributed by atoms with Crippen LogP contribution in [-0.2, 0) is 20.0 Å². The van der Waals surface area contributed by atoms with Gasteiger partial charge in [0, 0.05) is 19.1 Å². The third kappa shape index (κ3) is 5.37. The van der Waals surface area contributed by atoms with Gasteiger partial charge in [-0.25, -0.2) is 4.79 Å². The molecule has 128 valence electrons. The van der Waals surface area contributed by atoms with Crippen molar-refractivity contribution < 1.29 is 23.7 Å². The molecule has 5 heteroatoms. The first kappa shape index (κ1) is 18.0. The van der Waals surface area contributed by atoms with Crippen molar-refractivity contribution in [2.75, 3.05) is 19.8 Å². The van der Waals surface area contributed by atoms with Crippen LogP contribution in [0, 0.1) is 0 Å². The molecule has 0 heterocycles. The molecule has 0 saturated carbocycles.